The van der Waals surface area contributed by atoms with Crippen molar-refractivity contribution in [3.63, 3.8) is 0 Å². The van der Waals surface area contributed by atoms with E-state index >= 15 is 0 Å². The number of nitrogens with zero attached hydrogens (tertiary/aromatic N) is 3. The Balaban J connectivity index is 2.23. The molecule has 0 aliphatic rings. The first-order valence-electron chi connectivity index (χ1n) is 5.84. The fourth-order valence-corrected chi connectivity index (χ4v) is 2.60. The molecule has 2 aromatic rings. The maximum Gasteiger partial charge on any atom is 0.309 e. The zero-order valence-corrected chi connectivity index (χ0v) is 10.7. The lowest BCUT2D eigenvalue weighted by molar-refractivity contribution is 0.585. The van der Waals surface area contributed by atoms with Gasteiger partial charge < -0.3 is 5.73 Å². The van der Waals surface area contributed by atoms with E-state index in [0.717, 1.165) is 24.1 Å². The minimum atomic E-state index is 0.0244. The van der Waals surface area contributed by atoms with E-state index in [1.807, 2.05) is 0 Å². The summed E-state index contributed by atoms with van der Waals surface area (Å²) >= 11 is 1.18. The number of hydrogen-bond acceptors (Lipinski definition) is 5. The van der Waals surface area contributed by atoms with Crippen LogP contribution in [0.5, 0.6) is 0 Å². The molecule has 2 heterocycles. The summed E-state index contributed by atoms with van der Waals surface area (Å²) in [5, 5.41) is 0. The molecule has 0 aliphatic heterocycles. The Morgan fingerprint density at radius 1 is 1.41 bits per heavy atom. The number of thiazole rings is 1. The van der Waals surface area contributed by atoms with E-state index in [1.54, 1.807) is 10.8 Å². The van der Waals surface area contributed by atoms with Gasteiger partial charge in [-0.15, -0.1) is 0 Å². The number of nitrogen functional groups attached to an aromatic ring is 1. The summed E-state index contributed by atoms with van der Waals surface area (Å²) in [6.45, 7) is 2.88. The smallest absolute Gasteiger partial charge is 0.309 e. The van der Waals surface area contributed by atoms with Crippen LogP contribution in [0.25, 0.3) is 10.3 Å². The van der Waals surface area contributed by atoms with Crippen LogP contribution in [0.2, 0.25) is 0 Å². The Labute approximate surface area is 103 Å². The van der Waals surface area contributed by atoms with E-state index in [1.165, 1.54) is 24.2 Å². The number of hydrogen-bond donors (Lipinski definition) is 1. The van der Waals surface area contributed by atoms with Crippen molar-refractivity contribution in [2.45, 2.75) is 39.2 Å². The SMILES string of the molecule is CCCCCCn1c(=O)sc2cnc(N)nc21. The third-order valence-electron chi connectivity index (χ3n) is 2.66. The highest BCUT2D eigenvalue weighted by atomic mass is 32.1. The van der Waals surface area contributed by atoms with Gasteiger partial charge >= 0.3 is 4.87 Å². The topological polar surface area (TPSA) is 73.8 Å². The van der Waals surface area contributed by atoms with Gasteiger partial charge in [-0.3, -0.25) is 9.36 Å². The molecule has 0 radical (unpaired) electrons. The van der Waals surface area contributed by atoms with Gasteiger partial charge in [-0.2, -0.15) is 4.98 Å². The Bertz CT molecular complexity index is 560. The second kappa shape index (κ2) is 5.27. The molecule has 0 bridgehead atoms. The van der Waals surface area contributed by atoms with Crippen molar-refractivity contribution < 1.29 is 0 Å². The van der Waals surface area contributed by atoms with Gasteiger partial charge in [-0.25, -0.2) is 4.98 Å². The van der Waals surface area contributed by atoms with Crippen LogP contribution in [-0.4, -0.2) is 14.5 Å². The minimum absolute atomic E-state index is 0.0244. The van der Waals surface area contributed by atoms with Crippen molar-refractivity contribution in [1.82, 2.24) is 14.5 Å². The van der Waals surface area contributed by atoms with E-state index in [9.17, 15) is 4.79 Å². The standard InChI is InChI=1S/C11H16N4OS/c1-2-3-4-5-6-15-9-8(17-11(15)16)7-13-10(12)14-9/h7H,2-6H2,1H3,(H2,12,13,14). The molecule has 0 amide bonds. The molecule has 5 nitrogen and oxygen atoms in total. The number of aryl methyl sites for hydroxylation is 1. The van der Waals surface area contributed by atoms with Crippen molar-refractivity contribution in [1.29, 1.82) is 0 Å². The summed E-state index contributed by atoms with van der Waals surface area (Å²) in [6.07, 6.45) is 6.15. The van der Waals surface area contributed by atoms with Gasteiger partial charge in [-0.05, 0) is 6.42 Å². The van der Waals surface area contributed by atoms with Gasteiger partial charge in [0, 0.05) is 6.54 Å². The number of aromatic nitrogens is 3. The maximum absolute atomic E-state index is 11.8. The highest BCUT2D eigenvalue weighted by molar-refractivity contribution is 7.16. The lowest BCUT2D eigenvalue weighted by atomic mass is 10.2. The normalized spacial score (nSPS) is 11.1. The first-order chi connectivity index (χ1) is 8.22. The summed E-state index contributed by atoms with van der Waals surface area (Å²) in [6, 6.07) is 0. The Morgan fingerprint density at radius 2 is 2.24 bits per heavy atom. The predicted octanol–water partition coefficient (Wildman–Crippen LogP) is 2.02. The molecule has 0 unspecified atom stereocenters. The molecule has 2 aromatic heterocycles. The van der Waals surface area contributed by atoms with Crippen molar-refractivity contribution in [2.75, 3.05) is 5.73 Å². The molecule has 0 spiro atoms. The fourth-order valence-electron chi connectivity index (χ4n) is 1.77. The Hall–Kier alpha value is -1.43. The third kappa shape index (κ3) is 2.63. The molecule has 0 saturated heterocycles. The molecule has 0 aliphatic carbocycles. The summed E-state index contributed by atoms with van der Waals surface area (Å²) < 4.78 is 2.51. The quantitative estimate of drug-likeness (QED) is 0.826. The van der Waals surface area contributed by atoms with Gasteiger partial charge in [0.2, 0.25) is 5.95 Å². The van der Waals surface area contributed by atoms with Crippen LogP contribution in [-0.2, 0) is 6.54 Å². The van der Waals surface area contributed by atoms with Crippen molar-refractivity contribution in [3.05, 3.63) is 15.9 Å². The van der Waals surface area contributed by atoms with Crippen LogP contribution in [0.15, 0.2) is 11.0 Å². The van der Waals surface area contributed by atoms with E-state index in [4.69, 9.17) is 5.73 Å². The molecular formula is C11H16N4OS. The zero-order valence-electron chi connectivity index (χ0n) is 9.85. The highest BCUT2D eigenvalue weighted by Gasteiger charge is 2.09. The molecule has 92 valence electrons. The summed E-state index contributed by atoms with van der Waals surface area (Å²) in [4.78, 5) is 19.8. The van der Waals surface area contributed by atoms with E-state index in [-0.39, 0.29) is 10.8 Å². The van der Waals surface area contributed by atoms with Gasteiger partial charge in [0.1, 0.15) is 0 Å². The molecule has 2 N–H and O–H groups in total. The monoisotopic (exact) mass is 252 g/mol. The van der Waals surface area contributed by atoms with Gasteiger partial charge in [0.25, 0.3) is 0 Å². The van der Waals surface area contributed by atoms with Crippen LogP contribution in [0.1, 0.15) is 32.6 Å². The lowest BCUT2D eigenvalue weighted by Gasteiger charge is -2.02. The van der Waals surface area contributed by atoms with E-state index in [2.05, 4.69) is 16.9 Å². The number of rotatable bonds is 5. The second-order valence-electron chi connectivity index (χ2n) is 4.00. The van der Waals surface area contributed by atoms with Crippen LogP contribution >= 0.6 is 11.3 Å². The maximum atomic E-state index is 11.8. The molecule has 17 heavy (non-hydrogen) atoms. The molecular weight excluding hydrogens is 236 g/mol. The predicted molar refractivity (Wildman–Crippen MR) is 70.2 cm³/mol. The van der Waals surface area contributed by atoms with Crippen LogP contribution in [0, 0.1) is 0 Å². The Kier molecular flexibility index (Phi) is 3.73. The summed E-state index contributed by atoms with van der Waals surface area (Å²) in [7, 11) is 0. The fraction of sp³-hybridized carbons (Fsp3) is 0.545. The second-order valence-corrected chi connectivity index (χ2v) is 4.99. The molecule has 0 saturated carbocycles. The third-order valence-corrected chi connectivity index (χ3v) is 3.57. The zero-order chi connectivity index (χ0) is 12.3. The number of fused-ring (bicyclic) bond motifs is 1. The van der Waals surface area contributed by atoms with Crippen molar-refractivity contribution in [2.24, 2.45) is 0 Å². The van der Waals surface area contributed by atoms with Gasteiger partial charge in [0.05, 0.1) is 10.9 Å². The average Bonchev–Trinajstić information content (AvgIpc) is 2.61. The number of anilines is 1. The van der Waals surface area contributed by atoms with Crippen LogP contribution in [0.3, 0.4) is 0 Å². The summed E-state index contributed by atoms with van der Waals surface area (Å²) in [5.41, 5.74) is 6.22. The molecule has 0 fully saturated rings. The number of unbranched alkanes of at least 4 members (excludes halogenated alkanes) is 3. The van der Waals surface area contributed by atoms with E-state index in [0.29, 0.717) is 5.65 Å². The van der Waals surface area contributed by atoms with Gasteiger partial charge in [-0.1, -0.05) is 37.5 Å². The van der Waals surface area contributed by atoms with Gasteiger partial charge in [0.15, 0.2) is 5.65 Å². The molecule has 0 atom stereocenters. The van der Waals surface area contributed by atoms with Crippen LogP contribution < -0.4 is 10.6 Å². The van der Waals surface area contributed by atoms with Crippen molar-refractivity contribution >= 4 is 27.6 Å². The van der Waals surface area contributed by atoms with E-state index < -0.39 is 0 Å². The molecule has 6 heteroatoms. The first-order valence-corrected chi connectivity index (χ1v) is 6.66. The highest BCUT2D eigenvalue weighted by Crippen LogP contribution is 2.15. The van der Waals surface area contributed by atoms with Crippen molar-refractivity contribution in [3.8, 4) is 0 Å². The number of nitrogens with two attached hydrogens (primary N) is 1. The minimum Gasteiger partial charge on any atom is -0.368 e. The van der Waals surface area contributed by atoms with Crippen LogP contribution in [0.4, 0.5) is 5.95 Å². The molecule has 0 aromatic carbocycles. The summed E-state index contributed by atoms with van der Waals surface area (Å²) in [5.74, 6) is 0.220. The lowest BCUT2D eigenvalue weighted by Crippen LogP contribution is -2.13. The first kappa shape index (κ1) is 12.0. The largest absolute Gasteiger partial charge is 0.368 e. The molecule has 2 rings (SSSR count). The average molecular weight is 252 g/mol. The Morgan fingerprint density at radius 3 is 3.00 bits per heavy atom.